The van der Waals surface area contributed by atoms with Crippen LogP contribution in [0.1, 0.15) is 47.2 Å². The first-order valence-electron chi connectivity index (χ1n) is 25.3. The molecule has 3 aliphatic carbocycles. The maximum Gasteiger partial charge on any atom is 0.0725 e. The number of para-hydroxylation sites is 3. The minimum Gasteiger partial charge on any atom is -0.310 e. The maximum atomic E-state index is 2.51. The Hall–Kier alpha value is -8.98. The van der Waals surface area contributed by atoms with Crippen LogP contribution in [0, 0.1) is 0 Å². The Kier molecular flexibility index (Phi) is 8.66. The number of anilines is 3. The summed E-state index contributed by atoms with van der Waals surface area (Å²) >= 11 is 0. The van der Waals surface area contributed by atoms with Crippen molar-refractivity contribution in [3.8, 4) is 61.3 Å². The average molecular weight is 917 g/mol. The number of nitrogens with zero attached hydrogens (tertiary/aromatic N) is 2. The van der Waals surface area contributed by atoms with E-state index >= 15 is 0 Å². The van der Waals surface area contributed by atoms with Gasteiger partial charge in [0.1, 0.15) is 0 Å². The van der Waals surface area contributed by atoms with Crippen molar-refractivity contribution in [3.05, 3.63) is 288 Å². The number of fused-ring (bicyclic) bond motifs is 16. The lowest BCUT2D eigenvalue weighted by Gasteiger charge is -2.31. The van der Waals surface area contributed by atoms with Crippen molar-refractivity contribution < 1.29 is 0 Å². The monoisotopic (exact) mass is 916 g/mol. The topological polar surface area (TPSA) is 8.17 Å². The summed E-state index contributed by atoms with van der Waals surface area (Å²) < 4.78 is 2.40. The largest absolute Gasteiger partial charge is 0.310 e. The quantitative estimate of drug-likeness (QED) is 0.161. The molecule has 0 bridgehead atoms. The van der Waals surface area contributed by atoms with Gasteiger partial charge < -0.3 is 9.47 Å². The van der Waals surface area contributed by atoms with Crippen molar-refractivity contribution in [2.45, 2.75) is 24.7 Å². The van der Waals surface area contributed by atoms with Crippen LogP contribution in [0.25, 0.3) is 83.1 Å². The summed E-state index contributed by atoms with van der Waals surface area (Å²) in [6, 6.07) is 95.3. The normalized spacial score (nSPS) is 13.9. The molecule has 15 rings (SSSR count). The first-order chi connectivity index (χ1) is 35.5. The lowest BCUT2D eigenvalue weighted by Crippen LogP contribution is -2.25. The summed E-state index contributed by atoms with van der Waals surface area (Å²) in [6.45, 7) is 4.75. The Morgan fingerprint density at radius 1 is 0.319 bits per heavy atom. The Bertz CT molecular complexity index is 4140. The fraction of sp³-hybridized carbons (Fsp3) is 0.0571. The van der Waals surface area contributed by atoms with E-state index in [9.17, 15) is 0 Å². The zero-order valence-electron chi connectivity index (χ0n) is 40.1. The van der Waals surface area contributed by atoms with Gasteiger partial charge in [-0.25, -0.2) is 0 Å². The summed E-state index contributed by atoms with van der Waals surface area (Å²) in [5.41, 5.74) is 27.1. The van der Waals surface area contributed by atoms with E-state index in [1.165, 1.54) is 111 Å². The molecule has 3 aliphatic rings. The molecule has 0 radical (unpaired) electrons. The molecule has 1 aromatic heterocycles. The molecule has 72 heavy (non-hydrogen) atoms. The third-order valence-corrected chi connectivity index (χ3v) is 16.4. The number of aromatic nitrogens is 1. The highest BCUT2D eigenvalue weighted by Gasteiger charge is 2.52. The lowest BCUT2D eigenvalue weighted by molar-refractivity contribution is 0.660. The van der Waals surface area contributed by atoms with Crippen LogP contribution in [0.3, 0.4) is 0 Å². The molecule has 1 spiro atoms. The molecular formula is C70H48N2. The number of benzene rings is 11. The lowest BCUT2D eigenvalue weighted by atomic mass is 9.70. The van der Waals surface area contributed by atoms with E-state index in [4.69, 9.17) is 0 Å². The van der Waals surface area contributed by atoms with Gasteiger partial charge >= 0.3 is 0 Å². The van der Waals surface area contributed by atoms with E-state index in [2.05, 4.69) is 278 Å². The van der Waals surface area contributed by atoms with Gasteiger partial charge in [0.25, 0.3) is 0 Å². The van der Waals surface area contributed by atoms with Gasteiger partial charge in [0.15, 0.2) is 0 Å². The second kappa shape index (κ2) is 15.3. The van der Waals surface area contributed by atoms with Crippen LogP contribution in [-0.2, 0) is 10.8 Å². The van der Waals surface area contributed by atoms with Crippen molar-refractivity contribution >= 4 is 38.9 Å². The minimum atomic E-state index is -0.432. The molecule has 0 aliphatic heterocycles. The fourth-order valence-electron chi connectivity index (χ4n) is 13.3. The molecule has 11 aromatic carbocycles. The third kappa shape index (κ3) is 5.55. The Labute approximate surface area is 420 Å². The molecule has 0 amide bonds. The van der Waals surface area contributed by atoms with Gasteiger partial charge in [-0.2, -0.15) is 0 Å². The third-order valence-electron chi connectivity index (χ3n) is 16.4. The van der Waals surface area contributed by atoms with Crippen LogP contribution in [0.4, 0.5) is 17.1 Å². The van der Waals surface area contributed by atoms with Crippen molar-refractivity contribution in [1.82, 2.24) is 4.57 Å². The Morgan fingerprint density at radius 2 is 0.833 bits per heavy atom. The van der Waals surface area contributed by atoms with E-state index < -0.39 is 5.41 Å². The van der Waals surface area contributed by atoms with Gasteiger partial charge in [-0.05, 0) is 138 Å². The van der Waals surface area contributed by atoms with Crippen molar-refractivity contribution in [1.29, 1.82) is 0 Å². The SMILES string of the molecule is CC1(C)c2ccccc2-c2ccc(N(c3ccc(-c4ccc5c6ccccc6n(-c6ccccc6)c5c4)cc3)c3ccccc3-c3cccc4c3-c3ccccc3C43c4ccccc4-c4ccccc43)cc21. The molecule has 0 saturated heterocycles. The molecule has 0 saturated carbocycles. The highest BCUT2D eigenvalue weighted by molar-refractivity contribution is 6.10. The van der Waals surface area contributed by atoms with E-state index in [0.717, 1.165) is 22.7 Å². The number of rotatable bonds is 6. The summed E-state index contributed by atoms with van der Waals surface area (Å²) in [6.07, 6.45) is 0. The predicted octanol–water partition coefficient (Wildman–Crippen LogP) is 18.2. The summed E-state index contributed by atoms with van der Waals surface area (Å²) in [5, 5.41) is 2.51. The smallest absolute Gasteiger partial charge is 0.0725 e. The van der Waals surface area contributed by atoms with E-state index in [1.807, 2.05) is 0 Å². The molecule has 0 unspecified atom stereocenters. The van der Waals surface area contributed by atoms with Gasteiger partial charge in [0.05, 0.1) is 22.1 Å². The predicted molar refractivity (Wildman–Crippen MR) is 300 cm³/mol. The zero-order valence-corrected chi connectivity index (χ0v) is 40.1. The van der Waals surface area contributed by atoms with Crippen LogP contribution in [0.2, 0.25) is 0 Å². The van der Waals surface area contributed by atoms with Crippen molar-refractivity contribution in [2.75, 3.05) is 4.90 Å². The first-order valence-corrected chi connectivity index (χ1v) is 25.3. The van der Waals surface area contributed by atoms with Gasteiger partial charge in [-0.15, -0.1) is 0 Å². The molecule has 1 heterocycles. The van der Waals surface area contributed by atoms with Crippen LogP contribution in [0.15, 0.2) is 255 Å². The molecule has 0 N–H and O–H groups in total. The van der Waals surface area contributed by atoms with Crippen molar-refractivity contribution in [2.24, 2.45) is 0 Å². The Morgan fingerprint density at radius 3 is 1.57 bits per heavy atom. The first kappa shape index (κ1) is 40.9. The van der Waals surface area contributed by atoms with E-state index in [-0.39, 0.29) is 5.41 Å². The highest BCUT2D eigenvalue weighted by atomic mass is 15.1. The molecule has 0 atom stereocenters. The van der Waals surface area contributed by atoms with Crippen LogP contribution < -0.4 is 4.90 Å². The van der Waals surface area contributed by atoms with E-state index in [0.29, 0.717) is 0 Å². The van der Waals surface area contributed by atoms with E-state index in [1.54, 1.807) is 0 Å². The average Bonchev–Trinajstić information content (AvgIpc) is 4.12. The second-order valence-corrected chi connectivity index (χ2v) is 20.3. The molecule has 2 nitrogen and oxygen atoms in total. The summed E-state index contributed by atoms with van der Waals surface area (Å²) in [4.78, 5) is 2.51. The van der Waals surface area contributed by atoms with Gasteiger partial charge in [-0.1, -0.05) is 214 Å². The highest BCUT2D eigenvalue weighted by Crippen LogP contribution is 2.64. The summed E-state index contributed by atoms with van der Waals surface area (Å²) in [5.74, 6) is 0. The molecular weight excluding hydrogens is 869 g/mol. The van der Waals surface area contributed by atoms with Crippen LogP contribution in [-0.4, -0.2) is 4.57 Å². The Balaban J connectivity index is 0.926. The molecule has 2 heteroatoms. The second-order valence-electron chi connectivity index (χ2n) is 20.3. The maximum absolute atomic E-state index is 2.51. The van der Waals surface area contributed by atoms with Crippen molar-refractivity contribution in [3.63, 3.8) is 0 Å². The zero-order chi connectivity index (χ0) is 47.7. The fourth-order valence-corrected chi connectivity index (χ4v) is 13.3. The number of hydrogen-bond acceptors (Lipinski definition) is 1. The summed E-state index contributed by atoms with van der Waals surface area (Å²) in [7, 11) is 0. The van der Waals surface area contributed by atoms with Crippen LogP contribution >= 0.6 is 0 Å². The van der Waals surface area contributed by atoms with Gasteiger partial charge in [0.2, 0.25) is 0 Å². The standard InChI is InChI=1S/C70H48N2/c1-69(2)59-28-12-6-21-50(59)53-42-40-49(44-64(53)69)71(48-38-35-45(36-39-48)46-37-41-56-54-24-10-17-34-66(54)72(67(56)43-46)47-19-4-3-5-20-47)65-33-16-11-25-55(65)57-27-18-32-63-68(57)58-26-9-15-31-62(58)70(63)60-29-13-7-22-51(60)52-23-8-14-30-61(52)70/h3-44H,1-2H3. The number of hydrogen-bond donors (Lipinski definition) is 0. The van der Waals surface area contributed by atoms with Gasteiger partial charge in [0, 0.05) is 38.8 Å². The molecule has 338 valence electrons. The minimum absolute atomic E-state index is 0.163. The van der Waals surface area contributed by atoms with Gasteiger partial charge in [-0.3, -0.25) is 0 Å². The molecule has 12 aromatic rings. The molecule has 0 fully saturated rings. The van der Waals surface area contributed by atoms with Crippen LogP contribution in [0.5, 0.6) is 0 Å².